The topological polar surface area (TPSA) is 76.2 Å². The normalized spacial score (nSPS) is 10.7. The number of H-pyrrole nitrogens is 1. The third kappa shape index (κ3) is 4.33. The van der Waals surface area contributed by atoms with Crippen LogP contribution in [0.1, 0.15) is 5.56 Å². The van der Waals surface area contributed by atoms with Crippen molar-refractivity contribution in [3.63, 3.8) is 0 Å². The maximum atomic E-state index is 12.6. The first-order valence-corrected chi connectivity index (χ1v) is 9.32. The predicted octanol–water partition coefficient (Wildman–Crippen LogP) is 5.20. The standard InChI is InChI=1S/C22H18ClN3O3/c1-28-16-5-7-17(8-6-16)29-22-19(3-2-10-24-22)26-21(27)11-14-13-25-20-12-15(23)4-9-18(14)20/h2-10,12-13,25H,11H2,1H3,(H,26,27). The lowest BCUT2D eigenvalue weighted by Gasteiger charge is -2.11. The summed E-state index contributed by atoms with van der Waals surface area (Å²) in [7, 11) is 1.60. The molecule has 2 aromatic heterocycles. The van der Waals surface area contributed by atoms with Crippen molar-refractivity contribution in [3.05, 3.63) is 77.6 Å². The Morgan fingerprint density at radius 3 is 2.72 bits per heavy atom. The Labute approximate surface area is 172 Å². The first kappa shape index (κ1) is 18.8. The number of hydrogen-bond donors (Lipinski definition) is 2. The minimum atomic E-state index is -0.173. The molecular weight excluding hydrogens is 390 g/mol. The second-order valence-corrected chi connectivity index (χ2v) is 6.80. The zero-order valence-electron chi connectivity index (χ0n) is 15.6. The summed E-state index contributed by atoms with van der Waals surface area (Å²) in [6.45, 7) is 0. The summed E-state index contributed by atoms with van der Waals surface area (Å²) in [5.41, 5.74) is 2.28. The van der Waals surface area contributed by atoms with Gasteiger partial charge in [-0.3, -0.25) is 4.79 Å². The molecule has 7 heteroatoms. The van der Waals surface area contributed by atoms with E-state index in [0.717, 1.165) is 22.2 Å². The summed E-state index contributed by atoms with van der Waals surface area (Å²) in [6.07, 6.45) is 3.63. The van der Waals surface area contributed by atoms with Crippen molar-refractivity contribution < 1.29 is 14.3 Å². The number of nitrogens with one attached hydrogen (secondary N) is 2. The maximum absolute atomic E-state index is 12.6. The highest BCUT2D eigenvalue weighted by Crippen LogP contribution is 2.28. The van der Waals surface area contributed by atoms with Crippen LogP contribution in [0.15, 0.2) is 67.0 Å². The fraction of sp³-hybridized carbons (Fsp3) is 0.0909. The highest BCUT2D eigenvalue weighted by atomic mass is 35.5. The average Bonchev–Trinajstić information content (AvgIpc) is 3.11. The van der Waals surface area contributed by atoms with E-state index in [1.165, 1.54) is 0 Å². The van der Waals surface area contributed by atoms with Crippen LogP contribution in [0.3, 0.4) is 0 Å². The molecule has 0 aliphatic carbocycles. The number of methoxy groups -OCH3 is 1. The molecule has 1 amide bonds. The van der Waals surface area contributed by atoms with Crippen LogP contribution in [-0.2, 0) is 11.2 Å². The Hall–Kier alpha value is -3.51. The first-order valence-electron chi connectivity index (χ1n) is 8.94. The van der Waals surface area contributed by atoms with Gasteiger partial charge in [-0.05, 0) is 54.1 Å². The Balaban J connectivity index is 1.49. The number of aromatic nitrogens is 2. The molecule has 0 aliphatic heterocycles. The van der Waals surface area contributed by atoms with E-state index < -0.39 is 0 Å². The van der Waals surface area contributed by atoms with Gasteiger partial charge in [0, 0.05) is 28.3 Å². The molecule has 0 bridgehead atoms. The maximum Gasteiger partial charge on any atom is 0.243 e. The lowest BCUT2D eigenvalue weighted by molar-refractivity contribution is -0.115. The number of rotatable bonds is 6. The third-order valence-electron chi connectivity index (χ3n) is 4.40. The smallest absolute Gasteiger partial charge is 0.243 e. The van der Waals surface area contributed by atoms with Crippen LogP contribution >= 0.6 is 11.6 Å². The van der Waals surface area contributed by atoms with Gasteiger partial charge < -0.3 is 19.8 Å². The van der Waals surface area contributed by atoms with E-state index in [2.05, 4.69) is 15.3 Å². The number of carbonyl (C=O) groups excluding carboxylic acids is 1. The monoisotopic (exact) mass is 407 g/mol. The Morgan fingerprint density at radius 1 is 1.14 bits per heavy atom. The molecule has 4 rings (SSSR count). The molecule has 29 heavy (non-hydrogen) atoms. The first-order chi connectivity index (χ1) is 14.1. The van der Waals surface area contributed by atoms with Crippen LogP contribution < -0.4 is 14.8 Å². The van der Waals surface area contributed by atoms with Crippen LogP contribution in [0.2, 0.25) is 5.02 Å². The molecule has 0 spiro atoms. The average molecular weight is 408 g/mol. The van der Waals surface area contributed by atoms with E-state index in [4.69, 9.17) is 21.1 Å². The largest absolute Gasteiger partial charge is 0.497 e. The quantitative estimate of drug-likeness (QED) is 0.460. The van der Waals surface area contributed by atoms with E-state index in [1.54, 1.807) is 55.8 Å². The van der Waals surface area contributed by atoms with Crippen LogP contribution in [0.25, 0.3) is 10.9 Å². The van der Waals surface area contributed by atoms with Crippen LogP contribution in [0, 0.1) is 0 Å². The fourth-order valence-corrected chi connectivity index (χ4v) is 3.17. The summed E-state index contributed by atoms with van der Waals surface area (Å²) in [5, 5.41) is 4.48. The number of hydrogen-bond acceptors (Lipinski definition) is 4. The number of halogens is 1. The Bertz CT molecular complexity index is 1160. The minimum Gasteiger partial charge on any atom is -0.497 e. The SMILES string of the molecule is COc1ccc(Oc2ncccc2NC(=O)Cc2c[nH]c3cc(Cl)ccc23)cc1. The van der Waals surface area contributed by atoms with Crippen molar-refractivity contribution in [1.82, 2.24) is 9.97 Å². The second-order valence-electron chi connectivity index (χ2n) is 6.36. The van der Waals surface area contributed by atoms with Gasteiger partial charge in [-0.15, -0.1) is 0 Å². The van der Waals surface area contributed by atoms with E-state index in [9.17, 15) is 4.79 Å². The molecule has 2 N–H and O–H groups in total. The lowest BCUT2D eigenvalue weighted by atomic mass is 10.1. The number of carbonyl (C=O) groups is 1. The van der Waals surface area contributed by atoms with Crippen LogP contribution in [0.4, 0.5) is 5.69 Å². The predicted molar refractivity (Wildman–Crippen MR) is 113 cm³/mol. The zero-order valence-corrected chi connectivity index (χ0v) is 16.4. The van der Waals surface area contributed by atoms with Gasteiger partial charge in [-0.1, -0.05) is 17.7 Å². The summed E-state index contributed by atoms with van der Waals surface area (Å²) in [4.78, 5) is 20.0. The van der Waals surface area contributed by atoms with Crippen molar-refractivity contribution in [2.75, 3.05) is 12.4 Å². The summed E-state index contributed by atoms with van der Waals surface area (Å²) in [5.74, 6) is 1.46. The minimum absolute atomic E-state index is 0.173. The van der Waals surface area contributed by atoms with Gasteiger partial charge in [-0.25, -0.2) is 4.98 Å². The Kier molecular flexibility index (Phi) is 5.35. The van der Waals surface area contributed by atoms with Crippen LogP contribution in [-0.4, -0.2) is 23.0 Å². The number of aromatic amines is 1. The lowest BCUT2D eigenvalue weighted by Crippen LogP contribution is -2.15. The molecule has 6 nitrogen and oxygen atoms in total. The molecule has 4 aromatic rings. The van der Waals surface area contributed by atoms with Crippen molar-refractivity contribution in [2.24, 2.45) is 0 Å². The molecule has 0 fully saturated rings. The number of ether oxygens (including phenoxy) is 2. The number of benzene rings is 2. The van der Waals surface area contributed by atoms with E-state index in [-0.39, 0.29) is 12.3 Å². The van der Waals surface area contributed by atoms with Gasteiger partial charge in [0.05, 0.1) is 13.5 Å². The van der Waals surface area contributed by atoms with E-state index >= 15 is 0 Å². The second kappa shape index (κ2) is 8.24. The van der Waals surface area contributed by atoms with Gasteiger partial charge in [-0.2, -0.15) is 0 Å². The van der Waals surface area contributed by atoms with Gasteiger partial charge in [0.15, 0.2) is 0 Å². The number of nitrogens with zero attached hydrogens (tertiary/aromatic N) is 1. The number of anilines is 1. The van der Waals surface area contributed by atoms with Crippen molar-refractivity contribution in [2.45, 2.75) is 6.42 Å². The van der Waals surface area contributed by atoms with Crippen LogP contribution in [0.5, 0.6) is 17.4 Å². The third-order valence-corrected chi connectivity index (χ3v) is 4.63. The van der Waals surface area contributed by atoms with E-state index in [1.807, 2.05) is 18.3 Å². The van der Waals surface area contributed by atoms with Crippen molar-refractivity contribution in [1.29, 1.82) is 0 Å². The molecular formula is C22H18ClN3O3. The molecule has 0 aliphatic rings. The summed E-state index contributed by atoms with van der Waals surface area (Å²) < 4.78 is 11.0. The molecule has 146 valence electrons. The molecule has 0 atom stereocenters. The molecule has 2 aromatic carbocycles. The number of pyridine rings is 1. The van der Waals surface area contributed by atoms with Crippen molar-refractivity contribution >= 4 is 34.1 Å². The Morgan fingerprint density at radius 2 is 1.93 bits per heavy atom. The van der Waals surface area contributed by atoms with Crippen molar-refractivity contribution in [3.8, 4) is 17.4 Å². The number of amides is 1. The van der Waals surface area contributed by atoms with Gasteiger partial charge in [0.2, 0.25) is 11.8 Å². The van der Waals surface area contributed by atoms with Gasteiger partial charge >= 0.3 is 0 Å². The molecule has 0 saturated carbocycles. The molecule has 0 unspecified atom stereocenters. The molecule has 0 saturated heterocycles. The van der Waals surface area contributed by atoms with Gasteiger partial charge in [0.25, 0.3) is 0 Å². The fourth-order valence-electron chi connectivity index (χ4n) is 2.99. The molecule has 0 radical (unpaired) electrons. The molecule has 2 heterocycles. The van der Waals surface area contributed by atoms with E-state index in [0.29, 0.717) is 22.3 Å². The summed E-state index contributed by atoms with van der Waals surface area (Å²) in [6, 6.07) is 16.2. The highest BCUT2D eigenvalue weighted by Gasteiger charge is 2.13. The highest BCUT2D eigenvalue weighted by molar-refractivity contribution is 6.31. The number of fused-ring (bicyclic) bond motifs is 1. The summed E-state index contributed by atoms with van der Waals surface area (Å²) >= 11 is 6.01. The zero-order chi connectivity index (χ0) is 20.2. The van der Waals surface area contributed by atoms with Gasteiger partial charge in [0.1, 0.15) is 17.2 Å².